The van der Waals surface area contributed by atoms with Gasteiger partial charge in [0.1, 0.15) is 11.4 Å². The van der Waals surface area contributed by atoms with Crippen LogP contribution in [0.1, 0.15) is 54.4 Å². The molecule has 41 heavy (non-hydrogen) atoms. The number of nitrogens with one attached hydrogen (secondary N) is 1. The average Bonchev–Trinajstić information content (AvgIpc) is 3.40. The van der Waals surface area contributed by atoms with Gasteiger partial charge in [0.2, 0.25) is 0 Å². The summed E-state index contributed by atoms with van der Waals surface area (Å²) in [6.45, 7) is 4.07. The number of carbonyl (C=O) groups excluding carboxylic acids is 3. The third-order valence-electron chi connectivity index (χ3n) is 7.22. The highest BCUT2D eigenvalue weighted by Crippen LogP contribution is 2.36. The van der Waals surface area contributed by atoms with Crippen molar-refractivity contribution in [1.82, 2.24) is 14.9 Å². The molecule has 1 fully saturated rings. The van der Waals surface area contributed by atoms with Crippen molar-refractivity contribution in [2.24, 2.45) is 0 Å². The Kier molecular flexibility index (Phi) is 8.64. The van der Waals surface area contributed by atoms with E-state index in [1.165, 1.54) is 18.3 Å². The molecule has 1 aliphatic rings. The lowest BCUT2D eigenvalue weighted by atomic mass is 9.95. The number of β-amino-alcohol motifs (C(OH)–C–C–N with tert-alkyl or cyclic N) is 1. The van der Waals surface area contributed by atoms with E-state index in [1.54, 1.807) is 18.3 Å². The fraction of sp³-hybridized carbons (Fsp3) is 0.219. The van der Waals surface area contributed by atoms with Crippen LogP contribution < -0.4 is 5.32 Å². The van der Waals surface area contributed by atoms with Gasteiger partial charge in [0, 0.05) is 55.3 Å². The van der Waals surface area contributed by atoms with Gasteiger partial charge in [-0.25, -0.2) is 0 Å². The molecule has 0 bridgehead atoms. The fourth-order valence-electron chi connectivity index (χ4n) is 4.94. The molecule has 1 saturated heterocycles. The molecule has 5 rings (SSSR count). The predicted octanol–water partition coefficient (Wildman–Crippen LogP) is 5.16. The van der Waals surface area contributed by atoms with E-state index in [1.807, 2.05) is 43.3 Å². The van der Waals surface area contributed by atoms with E-state index in [0.29, 0.717) is 46.9 Å². The lowest BCUT2D eigenvalue weighted by Crippen LogP contribution is -2.21. The Labute approximate surface area is 243 Å². The zero-order valence-corrected chi connectivity index (χ0v) is 23.3. The monoisotopic (exact) mass is 568 g/mol. The summed E-state index contributed by atoms with van der Waals surface area (Å²) in [5.41, 5.74) is 5.59. The number of rotatable bonds is 9. The first-order chi connectivity index (χ1) is 19.8. The molecule has 0 aliphatic carbocycles. The van der Waals surface area contributed by atoms with Crippen molar-refractivity contribution in [3.8, 4) is 11.1 Å². The van der Waals surface area contributed by atoms with Crippen LogP contribution >= 0.6 is 11.6 Å². The van der Waals surface area contributed by atoms with Gasteiger partial charge in [-0.05, 0) is 59.9 Å². The van der Waals surface area contributed by atoms with E-state index in [9.17, 15) is 19.5 Å². The number of ketones is 1. The van der Waals surface area contributed by atoms with Gasteiger partial charge in [0.15, 0.2) is 12.1 Å². The minimum absolute atomic E-state index is 0.0925. The van der Waals surface area contributed by atoms with Gasteiger partial charge in [-0.3, -0.25) is 29.3 Å². The molecular formula is C32H29ClN4O4. The molecule has 0 spiro atoms. The summed E-state index contributed by atoms with van der Waals surface area (Å²) in [5.74, 6) is -0.539. The topological polar surface area (TPSA) is 112 Å². The minimum atomic E-state index is -0.398. The van der Waals surface area contributed by atoms with Crippen LogP contribution in [0.3, 0.4) is 0 Å². The fourth-order valence-corrected chi connectivity index (χ4v) is 5.24. The van der Waals surface area contributed by atoms with Crippen LogP contribution in [0, 0.1) is 6.92 Å². The quantitative estimate of drug-likeness (QED) is 0.212. The Hall–Kier alpha value is -4.24. The number of aliphatic hydroxyl groups excluding tert-OH is 1. The number of pyridine rings is 2. The van der Waals surface area contributed by atoms with Gasteiger partial charge in [-0.15, -0.1) is 0 Å². The first kappa shape index (κ1) is 28.3. The molecule has 2 aromatic carbocycles. The molecule has 0 radical (unpaired) electrons. The molecule has 4 aromatic rings. The second-order valence-electron chi connectivity index (χ2n) is 10.1. The molecule has 0 saturated carbocycles. The Bertz CT molecular complexity index is 1590. The van der Waals surface area contributed by atoms with Gasteiger partial charge in [-0.1, -0.05) is 48.0 Å². The van der Waals surface area contributed by atoms with Crippen molar-refractivity contribution in [1.29, 1.82) is 0 Å². The average molecular weight is 569 g/mol. The van der Waals surface area contributed by atoms with Crippen LogP contribution in [0.15, 0.2) is 73.1 Å². The third-order valence-corrected chi connectivity index (χ3v) is 7.67. The standard InChI is InChI=1S/C32H29ClN4O4/c1-20-25(5-3-7-27(20)36-32(41)29-11-9-22(19-38)16-35-29)26-6-2-4-23(31(26)33)14-30(40)28-10-8-21(15-34-28)17-37-13-12-24(39)18-37/h2-11,15-16,19,24,39H,12-14,17-18H2,1H3,(H,36,41)/t24-/m1/s1. The molecule has 1 aliphatic heterocycles. The highest BCUT2D eigenvalue weighted by molar-refractivity contribution is 6.34. The zero-order chi connectivity index (χ0) is 28.9. The van der Waals surface area contributed by atoms with Crippen molar-refractivity contribution in [2.45, 2.75) is 32.4 Å². The molecule has 1 amide bonds. The SMILES string of the molecule is Cc1c(NC(=O)c2ccc(C=O)cn2)cccc1-c1cccc(CC(=O)c2ccc(CN3CC[C@@H](O)C3)cn2)c1Cl. The second kappa shape index (κ2) is 12.5. The summed E-state index contributed by atoms with van der Waals surface area (Å²) < 4.78 is 0. The van der Waals surface area contributed by atoms with E-state index in [4.69, 9.17) is 11.6 Å². The van der Waals surface area contributed by atoms with Gasteiger partial charge >= 0.3 is 0 Å². The molecular weight excluding hydrogens is 540 g/mol. The number of nitrogens with zero attached hydrogens (tertiary/aromatic N) is 3. The molecule has 9 heteroatoms. The Morgan fingerprint density at radius 3 is 2.46 bits per heavy atom. The van der Waals surface area contributed by atoms with Crippen molar-refractivity contribution in [3.05, 3.63) is 112 Å². The number of Topliss-reactive ketones (excluding diaryl/α,β-unsaturated/α-hetero) is 1. The lowest BCUT2D eigenvalue weighted by molar-refractivity contribution is 0.0986. The number of amides is 1. The van der Waals surface area contributed by atoms with Crippen molar-refractivity contribution in [2.75, 3.05) is 18.4 Å². The van der Waals surface area contributed by atoms with Gasteiger partial charge in [-0.2, -0.15) is 0 Å². The van der Waals surface area contributed by atoms with Crippen molar-refractivity contribution >= 4 is 35.3 Å². The van der Waals surface area contributed by atoms with Crippen molar-refractivity contribution in [3.63, 3.8) is 0 Å². The third kappa shape index (κ3) is 6.57. The molecule has 1 atom stereocenters. The maximum Gasteiger partial charge on any atom is 0.274 e. The maximum absolute atomic E-state index is 13.1. The number of halogens is 1. The number of aromatic nitrogens is 2. The van der Waals surface area contributed by atoms with Crippen LogP contribution in [-0.4, -0.2) is 57.1 Å². The predicted molar refractivity (Wildman–Crippen MR) is 157 cm³/mol. The first-order valence-electron chi connectivity index (χ1n) is 13.3. The number of aldehydes is 1. The van der Waals surface area contributed by atoms with E-state index in [0.717, 1.165) is 35.2 Å². The number of likely N-dealkylation sites (tertiary alicyclic amines) is 1. The number of anilines is 1. The van der Waals surface area contributed by atoms with Crippen LogP contribution in [0.2, 0.25) is 5.02 Å². The normalized spacial score (nSPS) is 15.0. The maximum atomic E-state index is 13.1. The summed E-state index contributed by atoms with van der Waals surface area (Å²) in [6.07, 6.45) is 4.32. The highest BCUT2D eigenvalue weighted by atomic mass is 35.5. The molecule has 2 aromatic heterocycles. The van der Waals surface area contributed by atoms with Crippen molar-refractivity contribution < 1.29 is 19.5 Å². The van der Waals surface area contributed by atoms with Crippen LogP contribution in [-0.2, 0) is 13.0 Å². The number of benzene rings is 2. The smallest absolute Gasteiger partial charge is 0.274 e. The van der Waals surface area contributed by atoms with Crippen LogP contribution in [0.5, 0.6) is 0 Å². The van der Waals surface area contributed by atoms with Gasteiger partial charge in [0.05, 0.1) is 11.1 Å². The molecule has 0 unspecified atom stereocenters. The Morgan fingerprint density at radius 1 is 1.02 bits per heavy atom. The summed E-state index contributed by atoms with van der Waals surface area (Å²) in [4.78, 5) is 47.3. The van der Waals surface area contributed by atoms with Crippen LogP contribution in [0.4, 0.5) is 5.69 Å². The zero-order valence-electron chi connectivity index (χ0n) is 22.5. The largest absolute Gasteiger partial charge is 0.392 e. The van der Waals surface area contributed by atoms with Crippen LogP contribution in [0.25, 0.3) is 11.1 Å². The van der Waals surface area contributed by atoms with E-state index in [-0.39, 0.29) is 24.0 Å². The molecule has 208 valence electrons. The first-order valence-corrected chi connectivity index (χ1v) is 13.7. The Balaban J connectivity index is 1.30. The number of hydrogen-bond donors (Lipinski definition) is 2. The second-order valence-corrected chi connectivity index (χ2v) is 10.5. The highest BCUT2D eigenvalue weighted by Gasteiger charge is 2.21. The number of aliphatic hydroxyl groups is 1. The molecule has 2 N–H and O–H groups in total. The van der Waals surface area contributed by atoms with E-state index < -0.39 is 5.91 Å². The summed E-state index contributed by atoms with van der Waals surface area (Å²) >= 11 is 6.84. The Morgan fingerprint density at radius 2 is 1.78 bits per heavy atom. The molecule has 3 heterocycles. The van der Waals surface area contributed by atoms with E-state index >= 15 is 0 Å². The minimum Gasteiger partial charge on any atom is -0.392 e. The van der Waals surface area contributed by atoms with Gasteiger partial charge in [0.25, 0.3) is 5.91 Å². The summed E-state index contributed by atoms with van der Waals surface area (Å²) in [5, 5.41) is 13.1. The number of carbonyl (C=O) groups is 3. The lowest BCUT2D eigenvalue weighted by Gasteiger charge is -2.15. The van der Waals surface area contributed by atoms with Gasteiger partial charge < -0.3 is 10.4 Å². The summed E-state index contributed by atoms with van der Waals surface area (Å²) in [7, 11) is 0. The molecule has 8 nitrogen and oxygen atoms in total. The van der Waals surface area contributed by atoms with E-state index in [2.05, 4.69) is 20.2 Å². The number of hydrogen-bond acceptors (Lipinski definition) is 7. The summed E-state index contributed by atoms with van der Waals surface area (Å²) in [6, 6.07) is 17.8.